The number of methoxy groups -OCH3 is 4. The van der Waals surface area contributed by atoms with Gasteiger partial charge in [0.25, 0.3) is 0 Å². The fourth-order valence-electron chi connectivity index (χ4n) is 12.7. The predicted octanol–water partition coefficient (Wildman–Crippen LogP) is 43.9. The lowest BCUT2D eigenvalue weighted by Gasteiger charge is -2.38. The average molecular weight is 2130 g/mol. The quantitative estimate of drug-likeness (QED) is 0.0383. The smallest absolute Gasteiger partial charge is 0.308 e. The van der Waals surface area contributed by atoms with E-state index in [0.717, 1.165) is 28.4 Å². The van der Waals surface area contributed by atoms with Gasteiger partial charge in [-0.1, -0.05) is 246 Å². The minimum absolute atomic E-state index is 0. The number of carbonyl (C=O) groups is 2. The number of benzene rings is 6. The summed E-state index contributed by atoms with van der Waals surface area (Å²) in [6, 6.07) is 0. The van der Waals surface area contributed by atoms with E-state index in [-0.39, 0.29) is 139 Å². The summed E-state index contributed by atoms with van der Waals surface area (Å²) in [7, 11) is 6.77. The van der Waals surface area contributed by atoms with Crippen LogP contribution >= 0.6 is 23.5 Å². The lowest BCUT2D eigenvalue weighted by molar-refractivity contribution is -0.164. The maximum atomic E-state index is 11.0. The van der Waals surface area contributed by atoms with Crippen molar-refractivity contribution in [3.05, 3.63) is 178 Å². The van der Waals surface area contributed by atoms with Crippen LogP contribution in [0.15, 0.2) is 4.90 Å². The SMILES string of the molecule is C.C.C.C.C.C.C.C.C.C.C.C.CC#CC(C)(C)C(C)(C)C.CC#Cc1c(C)c(C)c(C)c(C)c1C.CC(=O)OC(C)(C)C(C)(C)C.CC(=O)Oc1c(C)c(C)c(C)c(C)c1C.CC(C)(C)C.COC(C)(C)C(C)(C)C.COCOC(C)(C)C(C)(C)C.COCOc1c(C)c(C)c(C)c(C)c1C.COc1c(C)c(C)c(C)c(C)c1C.CSC(C)(C)C(C)(C)C.CSc1c(C)c(C)c(C)c(C)c1C.Cc1c(C)c(C)c(C)c(C)c1C. The van der Waals surface area contributed by atoms with Crippen molar-refractivity contribution in [1.82, 2.24) is 0 Å². The molecule has 0 aliphatic heterocycles. The molecule has 6 aromatic carbocycles. The molecule has 0 fully saturated rings. The molecule has 0 N–H and O–H groups in total. The first-order chi connectivity index (χ1) is 61.2. The van der Waals surface area contributed by atoms with Gasteiger partial charge in [-0.15, -0.1) is 23.6 Å². The molecule has 12 heteroatoms. The van der Waals surface area contributed by atoms with E-state index in [2.05, 4.69) is 424 Å². The monoisotopic (exact) mass is 2130 g/mol. The number of hydrogen-bond acceptors (Lipinski definition) is 12. The molecule has 0 spiro atoms. The first-order valence-corrected chi connectivity index (χ1v) is 51.8. The third-order valence-electron chi connectivity index (χ3n) is 30.8. The normalized spacial score (nSPS) is 10.5. The van der Waals surface area contributed by atoms with Crippen molar-refractivity contribution < 1.29 is 47.5 Å². The van der Waals surface area contributed by atoms with E-state index in [9.17, 15) is 9.59 Å². The number of hydrogen-bond donors (Lipinski definition) is 0. The molecule has 149 heavy (non-hydrogen) atoms. The molecule has 6 rings (SSSR count). The molecule has 0 aromatic heterocycles. The van der Waals surface area contributed by atoms with Crippen molar-refractivity contribution >= 4 is 35.5 Å². The molecule has 882 valence electrons. The molecule has 0 unspecified atom stereocenters. The van der Waals surface area contributed by atoms with Crippen LogP contribution in [0.1, 0.15) is 496 Å². The van der Waals surface area contributed by atoms with Gasteiger partial charge < -0.3 is 37.9 Å². The Morgan fingerprint density at radius 3 is 0.651 bits per heavy atom. The van der Waals surface area contributed by atoms with E-state index in [0.29, 0.717) is 29.2 Å². The number of thioether (sulfide) groups is 2. The van der Waals surface area contributed by atoms with E-state index in [4.69, 9.17) is 37.9 Å². The first-order valence-electron chi connectivity index (χ1n) is 49.3. The van der Waals surface area contributed by atoms with Crippen LogP contribution in [-0.2, 0) is 33.3 Å². The zero-order valence-electron chi connectivity index (χ0n) is 103. The summed E-state index contributed by atoms with van der Waals surface area (Å²) in [5, 5.41) is 0. The summed E-state index contributed by atoms with van der Waals surface area (Å²) < 4.78 is 42.4. The number of rotatable bonds is 12. The van der Waals surface area contributed by atoms with Crippen LogP contribution in [0.4, 0.5) is 0 Å². The fraction of sp³-hybridized carbons (Fsp3) is 0.693. The van der Waals surface area contributed by atoms with Crippen molar-refractivity contribution in [3.63, 3.8) is 0 Å². The molecule has 0 saturated heterocycles. The van der Waals surface area contributed by atoms with E-state index in [1.54, 1.807) is 28.4 Å². The molecule has 0 bridgehead atoms. The van der Waals surface area contributed by atoms with Gasteiger partial charge in [0, 0.05) is 61.2 Å². The summed E-state index contributed by atoms with van der Waals surface area (Å²) in [5.41, 5.74) is 44.0. The molecule has 0 amide bonds. The summed E-state index contributed by atoms with van der Waals surface area (Å²) in [6.07, 6.45) is 4.33. The Bertz CT molecular complexity index is 4600. The molecule has 0 radical (unpaired) electrons. The molecular weight excluding hydrogens is 1870 g/mol. The number of carbonyl (C=O) groups excluding carboxylic acids is 2. The lowest BCUT2D eigenvalue weighted by atomic mass is 9.70. The van der Waals surface area contributed by atoms with Crippen LogP contribution in [0.5, 0.6) is 17.2 Å². The topological polar surface area (TPSA) is 108 Å². The molecular formula is C137H262O10S2. The van der Waals surface area contributed by atoms with Crippen molar-refractivity contribution in [2.75, 3.05) is 54.5 Å². The van der Waals surface area contributed by atoms with Gasteiger partial charge in [-0.2, -0.15) is 11.8 Å². The lowest BCUT2D eigenvalue weighted by Crippen LogP contribution is -2.40. The van der Waals surface area contributed by atoms with Gasteiger partial charge in [-0.25, -0.2) is 0 Å². The van der Waals surface area contributed by atoms with Crippen LogP contribution in [0.3, 0.4) is 0 Å². The average Bonchev–Trinajstić information content (AvgIpc) is 0.760. The van der Waals surface area contributed by atoms with Gasteiger partial charge in [0.05, 0.1) is 18.3 Å². The van der Waals surface area contributed by atoms with E-state index >= 15 is 0 Å². The van der Waals surface area contributed by atoms with Crippen molar-refractivity contribution in [2.24, 2.45) is 37.9 Å². The molecule has 6 aromatic rings. The maximum absolute atomic E-state index is 11.0. The van der Waals surface area contributed by atoms with Crippen LogP contribution in [0.25, 0.3) is 0 Å². The van der Waals surface area contributed by atoms with Crippen LogP contribution in [0.2, 0.25) is 0 Å². The molecule has 0 aliphatic rings. The van der Waals surface area contributed by atoms with Gasteiger partial charge >= 0.3 is 11.9 Å². The summed E-state index contributed by atoms with van der Waals surface area (Å²) in [6.45, 7) is 137. The Balaban J connectivity index is -0.0000000784. The Morgan fingerprint density at radius 1 is 0.268 bits per heavy atom. The highest BCUT2D eigenvalue weighted by atomic mass is 32.2. The standard InChI is InChI=1S/C14H18.C13H20O2.C13H18O2.C12H18O.C12H18S.C12H18.C10H18.C9H20O2.C9H18O2.C8H18O.C8H18S.C5H12.12CH4/c1-7-8-14-12(5)10(3)9(2)11(4)13(14)6;1-8-9(2)11(4)13(15-7-14-6)12(5)10(8)3;1-7-8(2)10(4)13(15-12(6)14)11(5)9(7)3;2*1-7-8(2)10(4)12(13-6)11(5)9(7)3;1-7-8(2)10(4)12(6)11(5)9(7)3;1-7-8-10(5,6)9(2,3)4;1-8(2,3)9(4,5)11-7-10-6;1-7(10)11-9(5,6)8(2,3)4;2*1-7(2,3)8(4,5)9-6;1-5(2,3)4;;;;;;;;;;;;/h1-6H3;7H2,1-6H3;1-6H3;2*1-6H3;1-6H3;1-6H3;7H2,1-6H3;1-6H3;2*1-6H3;1-4H3;12*1H4. The van der Waals surface area contributed by atoms with Gasteiger partial charge in [-0.05, 0) is 496 Å². The molecule has 0 atom stereocenters. The van der Waals surface area contributed by atoms with Gasteiger partial charge in [0.15, 0.2) is 6.79 Å². The zero-order chi connectivity index (χ0) is 111. The first kappa shape index (κ1) is 184. The number of esters is 2. The third kappa shape index (κ3) is 58.2. The highest BCUT2D eigenvalue weighted by Crippen LogP contribution is 2.42. The Morgan fingerprint density at radius 2 is 0.497 bits per heavy atom. The molecule has 10 nitrogen and oxygen atoms in total. The second kappa shape index (κ2) is 77.8. The van der Waals surface area contributed by atoms with Crippen LogP contribution in [0, 0.1) is 276 Å². The Hall–Kier alpha value is -6.48. The van der Waals surface area contributed by atoms with Crippen molar-refractivity contribution in [3.8, 4) is 40.9 Å². The van der Waals surface area contributed by atoms with Crippen molar-refractivity contribution in [2.45, 2.75) is 559 Å². The summed E-state index contributed by atoms with van der Waals surface area (Å²) >= 11 is 3.79. The third-order valence-corrected chi connectivity index (χ3v) is 33.5. The van der Waals surface area contributed by atoms with Crippen molar-refractivity contribution in [1.29, 1.82) is 0 Å². The van der Waals surface area contributed by atoms with E-state index < -0.39 is 5.60 Å². The molecule has 0 aliphatic carbocycles. The van der Waals surface area contributed by atoms with Crippen LogP contribution in [-0.4, -0.2) is 88.0 Å². The number of ether oxygens (including phenoxy) is 8. The Kier molecular flexibility index (Phi) is 96.1. The molecule has 0 heterocycles. The highest BCUT2D eigenvalue weighted by molar-refractivity contribution is 8.00. The summed E-state index contributed by atoms with van der Waals surface area (Å²) in [4.78, 5) is 23.1. The van der Waals surface area contributed by atoms with Gasteiger partial charge in [-0.3, -0.25) is 9.59 Å². The van der Waals surface area contributed by atoms with Gasteiger partial charge in [0.1, 0.15) is 29.6 Å². The molecule has 0 saturated carbocycles. The Labute approximate surface area is 946 Å². The zero-order valence-corrected chi connectivity index (χ0v) is 104. The summed E-state index contributed by atoms with van der Waals surface area (Å²) in [5.74, 6) is 14.6. The second-order valence-corrected chi connectivity index (χ2v) is 49.1. The van der Waals surface area contributed by atoms with E-state index in [1.807, 2.05) is 65.1 Å². The second-order valence-electron chi connectivity index (χ2n) is 46.8. The maximum Gasteiger partial charge on any atom is 0.308 e. The van der Waals surface area contributed by atoms with Gasteiger partial charge in [0.2, 0.25) is 0 Å². The fourth-order valence-corrected chi connectivity index (χ4v) is 14.2. The minimum Gasteiger partial charge on any atom is -0.496 e. The largest absolute Gasteiger partial charge is 0.496 e. The van der Waals surface area contributed by atoms with E-state index in [1.165, 1.54) is 186 Å². The highest BCUT2D eigenvalue weighted by Gasteiger charge is 2.37. The predicted molar refractivity (Wildman–Crippen MR) is 692 cm³/mol. The minimum atomic E-state index is -0.390. The van der Waals surface area contributed by atoms with Crippen LogP contribution < -0.4 is 14.2 Å².